The minimum absolute atomic E-state index is 0.00634. The van der Waals surface area contributed by atoms with Crippen LogP contribution in [0.1, 0.15) is 33.1 Å². The molecule has 1 aliphatic rings. The van der Waals surface area contributed by atoms with Gasteiger partial charge in [-0.05, 0) is 32.7 Å². The molecule has 3 heteroatoms. The predicted octanol–water partition coefficient (Wildman–Crippen LogP) is 0.997. The van der Waals surface area contributed by atoms with Gasteiger partial charge in [0.25, 0.3) is 0 Å². The first-order chi connectivity index (χ1) is 6.25. The zero-order valence-electron chi connectivity index (χ0n) is 8.68. The highest BCUT2D eigenvalue weighted by Crippen LogP contribution is 2.04. The van der Waals surface area contributed by atoms with Crippen LogP contribution in [-0.4, -0.2) is 36.5 Å². The molecular formula is C10H20N2O. The predicted molar refractivity (Wildman–Crippen MR) is 53.6 cm³/mol. The third kappa shape index (κ3) is 2.99. The van der Waals surface area contributed by atoms with Crippen LogP contribution in [0.2, 0.25) is 0 Å². The first-order valence-corrected chi connectivity index (χ1v) is 5.28. The Hall–Kier alpha value is -0.570. The van der Waals surface area contributed by atoms with E-state index in [9.17, 15) is 4.79 Å². The summed E-state index contributed by atoms with van der Waals surface area (Å²) in [6.07, 6.45) is 3.36. The average molecular weight is 184 g/mol. The van der Waals surface area contributed by atoms with Crippen LogP contribution in [0.15, 0.2) is 0 Å². The lowest BCUT2D eigenvalue weighted by molar-refractivity contribution is -0.133. The molecule has 1 atom stereocenters. The number of hydrogen-bond donors (Lipinski definition) is 1. The van der Waals surface area contributed by atoms with Crippen molar-refractivity contribution in [1.82, 2.24) is 10.2 Å². The zero-order chi connectivity index (χ0) is 9.68. The standard InChI is InChI=1S/C10H20N2O/c1-3-7-12-8-5-4-6-11-9(2)10(12)13/h9,11H,3-8H2,1-2H3. The highest BCUT2D eigenvalue weighted by Gasteiger charge is 2.20. The van der Waals surface area contributed by atoms with Gasteiger partial charge in [-0.15, -0.1) is 0 Å². The van der Waals surface area contributed by atoms with E-state index in [0.717, 1.165) is 32.5 Å². The Labute approximate surface area is 80.5 Å². The van der Waals surface area contributed by atoms with Gasteiger partial charge in [0.2, 0.25) is 5.91 Å². The second-order valence-electron chi connectivity index (χ2n) is 3.71. The second-order valence-corrected chi connectivity index (χ2v) is 3.71. The van der Waals surface area contributed by atoms with Crippen molar-refractivity contribution in [3.63, 3.8) is 0 Å². The third-order valence-electron chi connectivity index (χ3n) is 2.48. The molecule has 1 N–H and O–H groups in total. The average Bonchev–Trinajstić information content (AvgIpc) is 2.12. The monoisotopic (exact) mass is 184 g/mol. The summed E-state index contributed by atoms with van der Waals surface area (Å²) in [5.74, 6) is 0.265. The molecular weight excluding hydrogens is 164 g/mol. The van der Waals surface area contributed by atoms with Gasteiger partial charge in [-0.25, -0.2) is 0 Å². The van der Waals surface area contributed by atoms with Crippen LogP contribution in [0, 0.1) is 0 Å². The van der Waals surface area contributed by atoms with Crippen molar-refractivity contribution in [2.75, 3.05) is 19.6 Å². The number of nitrogens with zero attached hydrogens (tertiary/aromatic N) is 1. The molecule has 76 valence electrons. The summed E-state index contributed by atoms with van der Waals surface area (Å²) >= 11 is 0. The van der Waals surface area contributed by atoms with Gasteiger partial charge < -0.3 is 10.2 Å². The molecule has 0 radical (unpaired) electrons. The van der Waals surface area contributed by atoms with Crippen LogP contribution in [0.5, 0.6) is 0 Å². The maximum Gasteiger partial charge on any atom is 0.239 e. The minimum atomic E-state index is 0.00634. The Morgan fingerprint density at radius 3 is 3.00 bits per heavy atom. The molecule has 1 unspecified atom stereocenters. The fourth-order valence-electron chi connectivity index (χ4n) is 1.71. The van der Waals surface area contributed by atoms with Gasteiger partial charge in [-0.1, -0.05) is 6.92 Å². The summed E-state index contributed by atoms with van der Waals surface area (Å²) in [5, 5.41) is 3.23. The Bertz CT molecular complexity index is 170. The van der Waals surface area contributed by atoms with E-state index < -0.39 is 0 Å². The number of rotatable bonds is 2. The number of hydrogen-bond acceptors (Lipinski definition) is 2. The van der Waals surface area contributed by atoms with Gasteiger partial charge in [0.1, 0.15) is 0 Å². The Kier molecular flexibility index (Phi) is 4.22. The van der Waals surface area contributed by atoms with Gasteiger partial charge in [-0.2, -0.15) is 0 Å². The maximum absolute atomic E-state index is 11.8. The molecule has 13 heavy (non-hydrogen) atoms. The summed E-state index contributed by atoms with van der Waals surface area (Å²) in [6, 6.07) is 0.00634. The Balaban J connectivity index is 2.51. The van der Waals surface area contributed by atoms with Gasteiger partial charge in [0.05, 0.1) is 6.04 Å². The van der Waals surface area contributed by atoms with Gasteiger partial charge >= 0.3 is 0 Å². The summed E-state index contributed by atoms with van der Waals surface area (Å²) in [6.45, 7) is 6.90. The number of carbonyl (C=O) groups is 1. The quantitative estimate of drug-likeness (QED) is 0.694. The fraction of sp³-hybridized carbons (Fsp3) is 0.900. The molecule has 1 fully saturated rings. The van der Waals surface area contributed by atoms with Crippen LogP contribution in [0.25, 0.3) is 0 Å². The Morgan fingerprint density at radius 1 is 1.54 bits per heavy atom. The van der Waals surface area contributed by atoms with E-state index in [1.165, 1.54) is 6.42 Å². The van der Waals surface area contributed by atoms with E-state index in [1.807, 2.05) is 11.8 Å². The van der Waals surface area contributed by atoms with Crippen molar-refractivity contribution in [3.05, 3.63) is 0 Å². The van der Waals surface area contributed by atoms with E-state index >= 15 is 0 Å². The molecule has 0 aromatic carbocycles. The fourth-order valence-corrected chi connectivity index (χ4v) is 1.71. The van der Waals surface area contributed by atoms with Crippen molar-refractivity contribution in [2.24, 2.45) is 0 Å². The number of carbonyl (C=O) groups excluding carboxylic acids is 1. The molecule has 0 bridgehead atoms. The molecule has 1 aliphatic heterocycles. The first-order valence-electron chi connectivity index (χ1n) is 5.28. The van der Waals surface area contributed by atoms with Gasteiger partial charge in [-0.3, -0.25) is 4.79 Å². The van der Waals surface area contributed by atoms with Gasteiger partial charge in [0.15, 0.2) is 0 Å². The van der Waals surface area contributed by atoms with Crippen molar-refractivity contribution in [2.45, 2.75) is 39.2 Å². The first kappa shape index (κ1) is 10.5. The number of nitrogens with one attached hydrogen (secondary N) is 1. The maximum atomic E-state index is 11.8. The highest BCUT2D eigenvalue weighted by atomic mass is 16.2. The van der Waals surface area contributed by atoms with Crippen molar-refractivity contribution < 1.29 is 4.79 Å². The molecule has 0 spiro atoms. The summed E-state index contributed by atoms with van der Waals surface area (Å²) in [5.41, 5.74) is 0. The summed E-state index contributed by atoms with van der Waals surface area (Å²) in [4.78, 5) is 13.7. The molecule has 1 heterocycles. The van der Waals surface area contributed by atoms with E-state index in [2.05, 4.69) is 12.2 Å². The second kappa shape index (κ2) is 5.22. The number of amides is 1. The van der Waals surface area contributed by atoms with E-state index in [1.54, 1.807) is 0 Å². The van der Waals surface area contributed by atoms with Crippen LogP contribution < -0.4 is 5.32 Å². The SMILES string of the molecule is CCCN1CCCCNC(C)C1=O. The van der Waals surface area contributed by atoms with Crippen LogP contribution in [-0.2, 0) is 4.79 Å². The molecule has 0 aliphatic carbocycles. The van der Waals surface area contributed by atoms with Gasteiger partial charge in [0, 0.05) is 13.1 Å². The normalized spacial score (nSPS) is 25.5. The Morgan fingerprint density at radius 2 is 2.31 bits per heavy atom. The highest BCUT2D eigenvalue weighted by molar-refractivity contribution is 5.81. The molecule has 1 saturated heterocycles. The molecule has 0 saturated carbocycles. The molecule has 1 amide bonds. The lowest BCUT2D eigenvalue weighted by atomic mass is 10.2. The summed E-state index contributed by atoms with van der Waals surface area (Å²) in [7, 11) is 0. The minimum Gasteiger partial charge on any atom is -0.341 e. The lowest BCUT2D eigenvalue weighted by Crippen LogP contribution is -2.47. The van der Waals surface area contributed by atoms with Crippen molar-refractivity contribution in [3.8, 4) is 0 Å². The van der Waals surface area contributed by atoms with Crippen LogP contribution in [0.4, 0.5) is 0 Å². The van der Waals surface area contributed by atoms with E-state index in [-0.39, 0.29) is 11.9 Å². The van der Waals surface area contributed by atoms with Crippen LogP contribution in [0.3, 0.4) is 0 Å². The van der Waals surface area contributed by atoms with Crippen LogP contribution >= 0.6 is 0 Å². The van der Waals surface area contributed by atoms with E-state index in [0.29, 0.717) is 0 Å². The molecule has 0 aromatic rings. The molecule has 0 aromatic heterocycles. The molecule has 1 rings (SSSR count). The van der Waals surface area contributed by atoms with Crippen molar-refractivity contribution in [1.29, 1.82) is 0 Å². The van der Waals surface area contributed by atoms with Crippen molar-refractivity contribution >= 4 is 5.91 Å². The summed E-state index contributed by atoms with van der Waals surface area (Å²) < 4.78 is 0. The zero-order valence-corrected chi connectivity index (χ0v) is 8.68. The smallest absolute Gasteiger partial charge is 0.239 e. The topological polar surface area (TPSA) is 32.3 Å². The van der Waals surface area contributed by atoms with E-state index in [4.69, 9.17) is 0 Å². The molecule has 3 nitrogen and oxygen atoms in total. The lowest BCUT2D eigenvalue weighted by Gasteiger charge is -2.28. The third-order valence-corrected chi connectivity index (χ3v) is 2.48. The largest absolute Gasteiger partial charge is 0.341 e.